The summed E-state index contributed by atoms with van der Waals surface area (Å²) in [5.41, 5.74) is 1.36. The molecule has 3 heteroatoms. The first-order valence-corrected chi connectivity index (χ1v) is 7.05. The molecule has 15 heavy (non-hydrogen) atoms. The predicted molar refractivity (Wildman–Crippen MR) is 71.6 cm³/mol. The lowest BCUT2D eigenvalue weighted by Crippen LogP contribution is -2.14. The number of halogens is 2. The van der Waals surface area contributed by atoms with Crippen LogP contribution in [-0.2, 0) is 11.2 Å². The first kappa shape index (κ1) is 13.2. The maximum Gasteiger partial charge on any atom is 0.0505 e. The van der Waals surface area contributed by atoms with E-state index in [1.807, 2.05) is 6.92 Å². The van der Waals surface area contributed by atoms with Gasteiger partial charge >= 0.3 is 0 Å². The summed E-state index contributed by atoms with van der Waals surface area (Å²) in [7, 11) is 0. The fraction of sp³-hybridized carbons (Fsp3) is 0.500. The summed E-state index contributed by atoms with van der Waals surface area (Å²) < 4.78 is 6.59. The summed E-state index contributed by atoms with van der Waals surface area (Å²) >= 11 is 7.01. The smallest absolute Gasteiger partial charge is 0.0505 e. The van der Waals surface area contributed by atoms with E-state index in [2.05, 4.69) is 56.1 Å². The SMILES string of the molecule is CCOCC(CBr)Cc1cccc(Br)c1. The molecule has 0 radical (unpaired) electrons. The van der Waals surface area contributed by atoms with E-state index in [9.17, 15) is 0 Å². The van der Waals surface area contributed by atoms with Gasteiger partial charge in [-0.2, -0.15) is 0 Å². The molecule has 0 heterocycles. The summed E-state index contributed by atoms with van der Waals surface area (Å²) in [5, 5.41) is 0.986. The summed E-state index contributed by atoms with van der Waals surface area (Å²) in [6.45, 7) is 3.65. The van der Waals surface area contributed by atoms with Crippen LogP contribution in [0.1, 0.15) is 12.5 Å². The number of ether oxygens (including phenoxy) is 1. The number of hydrogen-bond acceptors (Lipinski definition) is 1. The Morgan fingerprint density at radius 3 is 2.80 bits per heavy atom. The summed E-state index contributed by atoms with van der Waals surface area (Å²) in [6, 6.07) is 8.45. The van der Waals surface area contributed by atoms with Crippen molar-refractivity contribution in [3.05, 3.63) is 34.3 Å². The monoisotopic (exact) mass is 334 g/mol. The lowest BCUT2D eigenvalue weighted by molar-refractivity contribution is 0.118. The Labute approximate surface area is 108 Å². The third-order valence-electron chi connectivity index (χ3n) is 2.19. The first-order chi connectivity index (χ1) is 7.26. The second-order valence-electron chi connectivity index (χ2n) is 3.51. The van der Waals surface area contributed by atoms with Gasteiger partial charge in [0.25, 0.3) is 0 Å². The Hall–Kier alpha value is 0.140. The van der Waals surface area contributed by atoms with Crippen molar-refractivity contribution in [3.63, 3.8) is 0 Å². The van der Waals surface area contributed by atoms with Crippen molar-refractivity contribution in [2.75, 3.05) is 18.5 Å². The summed E-state index contributed by atoms with van der Waals surface area (Å²) in [6.07, 6.45) is 1.06. The van der Waals surface area contributed by atoms with E-state index in [1.54, 1.807) is 0 Å². The third kappa shape index (κ3) is 5.14. The van der Waals surface area contributed by atoms with Crippen LogP contribution in [0.15, 0.2) is 28.7 Å². The fourth-order valence-electron chi connectivity index (χ4n) is 1.44. The van der Waals surface area contributed by atoms with Crippen LogP contribution in [0.4, 0.5) is 0 Å². The second kappa shape index (κ2) is 7.42. The summed E-state index contributed by atoms with van der Waals surface area (Å²) in [5.74, 6) is 0.555. The predicted octanol–water partition coefficient (Wildman–Crippen LogP) is 4.04. The zero-order valence-corrected chi connectivity index (χ0v) is 12.1. The van der Waals surface area contributed by atoms with Gasteiger partial charge in [-0.05, 0) is 37.0 Å². The van der Waals surface area contributed by atoms with E-state index >= 15 is 0 Å². The van der Waals surface area contributed by atoms with Gasteiger partial charge in [-0.3, -0.25) is 0 Å². The topological polar surface area (TPSA) is 9.23 Å². The minimum absolute atomic E-state index is 0.555. The van der Waals surface area contributed by atoms with Gasteiger partial charge in [0, 0.05) is 16.4 Å². The average molecular weight is 336 g/mol. The molecule has 1 unspecified atom stereocenters. The highest BCUT2D eigenvalue weighted by molar-refractivity contribution is 9.10. The largest absolute Gasteiger partial charge is 0.381 e. The lowest BCUT2D eigenvalue weighted by atomic mass is 10.0. The Morgan fingerprint density at radius 2 is 2.20 bits per heavy atom. The number of alkyl halides is 1. The van der Waals surface area contributed by atoms with Gasteiger partial charge in [0.1, 0.15) is 0 Å². The Morgan fingerprint density at radius 1 is 1.40 bits per heavy atom. The van der Waals surface area contributed by atoms with Crippen LogP contribution in [0.25, 0.3) is 0 Å². The van der Waals surface area contributed by atoms with Crippen LogP contribution >= 0.6 is 31.9 Å². The maximum atomic E-state index is 5.45. The van der Waals surface area contributed by atoms with Gasteiger partial charge in [0.05, 0.1) is 6.61 Å². The molecule has 1 nitrogen and oxygen atoms in total. The highest BCUT2D eigenvalue weighted by Crippen LogP contribution is 2.16. The van der Waals surface area contributed by atoms with Crippen molar-refractivity contribution in [3.8, 4) is 0 Å². The Balaban J connectivity index is 2.50. The molecule has 1 rings (SSSR count). The lowest BCUT2D eigenvalue weighted by Gasteiger charge is -2.13. The van der Waals surface area contributed by atoms with E-state index in [0.717, 1.165) is 29.4 Å². The standard InChI is InChI=1S/C12H16Br2O/c1-2-15-9-11(8-13)6-10-4-3-5-12(14)7-10/h3-5,7,11H,2,6,8-9H2,1H3. The van der Waals surface area contributed by atoms with Crippen LogP contribution < -0.4 is 0 Å². The van der Waals surface area contributed by atoms with Gasteiger partial charge in [-0.15, -0.1) is 0 Å². The van der Waals surface area contributed by atoms with E-state index in [0.29, 0.717) is 5.92 Å². The molecular weight excluding hydrogens is 320 g/mol. The van der Waals surface area contributed by atoms with Crippen molar-refractivity contribution in [2.24, 2.45) is 5.92 Å². The van der Waals surface area contributed by atoms with Crippen molar-refractivity contribution in [1.29, 1.82) is 0 Å². The molecule has 0 saturated carbocycles. The molecule has 0 aliphatic heterocycles. The number of hydrogen-bond donors (Lipinski definition) is 0. The molecule has 0 aliphatic rings. The molecule has 0 saturated heterocycles. The molecule has 1 aromatic carbocycles. The van der Waals surface area contributed by atoms with Gasteiger partial charge in [-0.25, -0.2) is 0 Å². The number of benzene rings is 1. The minimum Gasteiger partial charge on any atom is -0.381 e. The molecule has 1 aromatic rings. The Kier molecular flexibility index (Phi) is 6.53. The molecule has 0 spiro atoms. The van der Waals surface area contributed by atoms with Crippen LogP contribution in [0.3, 0.4) is 0 Å². The van der Waals surface area contributed by atoms with Crippen LogP contribution in [0.5, 0.6) is 0 Å². The van der Waals surface area contributed by atoms with Gasteiger partial charge in [-0.1, -0.05) is 44.0 Å². The van der Waals surface area contributed by atoms with E-state index in [1.165, 1.54) is 5.56 Å². The third-order valence-corrected chi connectivity index (χ3v) is 3.60. The quantitative estimate of drug-likeness (QED) is 0.713. The van der Waals surface area contributed by atoms with Gasteiger partial charge in [0.15, 0.2) is 0 Å². The van der Waals surface area contributed by atoms with Crippen molar-refractivity contribution >= 4 is 31.9 Å². The minimum atomic E-state index is 0.555. The van der Waals surface area contributed by atoms with Gasteiger partial charge in [0.2, 0.25) is 0 Å². The normalized spacial score (nSPS) is 12.7. The summed E-state index contributed by atoms with van der Waals surface area (Å²) in [4.78, 5) is 0. The zero-order valence-electron chi connectivity index (χ0n) is 8.88. The van der Waals surface area contributed by atoms with E-state index in [-0.39, 0.29) is 0 Å². The molecule has 84 valence electrons. The average Bonchev–Trinajstić information content (AvgIpc) is 2.24. The highest BCUT2D eigenvalue weighted by atomic mass is 79.9. The van der Waals surface area contributed by atoms with Crippen LogP contribution in [-0.4, -0.2) is 18.5 Å². The van der Waals surface area contributed by atoms with Crippen molar-refractivity contribution < 1.29 is 4.74 Å². The zero-order chi connectivity index (χ0) is 11.1. The highest BCUT2D eigenvalue weighted by Gasteiger charge is 2.08. The molecule has 0 aromatic heterocycles. The van der Waals surface area contributed by atoms with E-state index in [4.69, 9.17) is 4.74 Å². The van der Waals surface area contributed by atoms with Crippen LogP contribution in [0.2, 0.25) is 0 Å². The second-order valence-corrected chi connectivity index (χ2v) is 5.08. The van der Waals surface area contributed by atoms with Gasteiger partial charge < -0.3 is 4.74 Å². The first-order valence-electron chi connectivity index (χ1n) is 5.14. The Bertz CT molecular complexity index is 289. The molecular formula is C12H16Br2O. The van der Waals surface area contributed by atoms with Crippen molar-refractivity contribution in [1.82, 2.24) is 0 Å². The maximum absolute atomic E-state index is 5.45. The van der Waals surface area contributed by atoms with E-state index < -0.39 is 0 Å². The molecule has 0 aliphatic carbocycles. The van der Waals surface area contributed by atoms with Crippen molar-refractivity contribution in [2.45, 2.75) is 13.3 Å². The molecule has 0 amide bonds. The fourth-order valence-corrected chi connectivity index (χ4v) is 2.30. The number of rotatable bonds is 6. The molecule has 0 fully saturated rings. The molecule has 1 atom stereocenters. The molecule has 0 N–H and O–H groups in total. The molecule has 0 bridgehead atoms. The van der Waals surface area contributed by atoms with Crippen LogP contribution in [0, 0.1) is 5.92 Å².